The lowest BCUT2D eigenvalue weighted by molar-refractivity contribution is -0.0203. The van der Waals surface area contributed by atoms with Gasteiger partial charge in [-0.1, -0.05) is 57.9 Å². The van der Waals surface area contributed by atoms with E-state index in [-0.39, 0.29) is 11.8 Å². The Kier molecular flexibility index (Phi) is 4.29. The van der Waals surface area contributed by atoms with E-state index < -0.39 is 6.23 Å². The fourth-order valence-electron chi connectivity index (χ4n) is 3.79. The summed E-state index contributed by atoms with van der Waals surface area (Å²) in [6.07, 6.45) is 0.202. The van der Waals surface area contributed by atoms with Crippen molar-refractivity contribution in [1.29, 1.82) is 0 Å². The highest BCUT2D eigenvalue weighted by atomic mass is 79.9. The van der Waals surface area contributed by atoms with E-state index in [1.54, 1.807) is 18.2 Å². The van der Waals surface area contributed by atoms with Crippen LogP contribution in [0, 0.1) is 0 Å². The predicted octanol–water partition coefficient (Wildman–Crippen LogP) is 6.05. The highest BCUT2D eigenvalue weighted by Crippen LogP contribution is 2.49. The number of benzene rings is 3. The molecule has 0 fully saturated rings. The van der Waals surface area contributed by atoms with Crippen LogP contribution in [-0.4, -0.2) is 15.8 Å². The van der Waals surface area contributed by atoms with Gasteiger partial charge in [0.05, 0.1) is 17.3 Å². The lowest BCUT2D eigenvalue weighted by Crippen LogP contribution is -2.33. The summed E-state index contributed by atoms with van der Waals surface area (Å²) in [5.74, 6) is 0.926. The van der Waals surface area contributed by atoms with Gasteiger partial charge in [-0.3, -0.25) is 0 Å². The molecule has 0 aromatic heterocycles. The first-order valence-electron chi connectivity index (χ1n) is 8.96. The smallest absolute Gasteiger partial charge is 0.217 e. The summed E-state index contributed by atoms with van der Waals surface area (Å²) in [5, 5.41) is 17.8. The van der Waals surface area contributed by atoms with Crippen molar-refractivity contribution in [2.75, 3.05) is 0 Å². The number of phenolic OH excluding ortho intramolecular Hbond substituents is 1. The summed E-state index contributed by atoms with van der Waals surface area (Å²) >= 11 is 9.76. The van der Waals surface area contributed by atoms with E-state index in [4.69, 9.17) is 21.4 Å². The summed E-state index contributed by atoms with van der Waals surface area (Å²) in [6.45, 7) is 0. The monoisotopic (exact) mass is 454 g/mol. The Morgan fingerprint density at radius 2 is 1.86 bits per heavy atom. The highest BCUT2D eigenvalue weighted by molar-refractivity contribution is 9.10. The van der Waals surface area contributed by atoms with Crippen molar-refractivity contribution in [3.8, 4) is 11.5 Å². The van der Waals surface area contributed by atoms with Crippen LogP contribution < -0.4 is 4.74 Å². The SMILES string of the molecule is Oc1ccc(Cl)cc1[C@H]1Oc2ccc(Br)cc2[C@H]2CC(c3ccccc3)=NN21. The molecule has 3 aromatic carbocycles. The molecule has 1 N–H and O–H groups in total. The summed E-state index contributed by atoms with van der Waals surface area (Å²) in [4.78, 5) is 0. The third-order valence-corrected chi connectivity index (χ3v) is 5.84. The molecule has 0 saturated carbocycles. The zero-order valence-corrected chi connectivity index (χ0v) is 17.1. The molecule has 0 unspecified atom stereocenters. The van der Waals surface area contributed by atoms with Crippen molar-refractivity contribution >= 4 is 33.2 Å². The van der Waals surface area contributed by atoms with E-state index in [1.807, 2.05) is 35.3 Å². The number of aromatic hydroxyl groups is 1. The first-order valence-corrected chi connectivity index (χ1v) is 10.1. The molecule has 5 rings (SSSR count). The molecule has 6 heteroatoms. The van der Waals surface area contributed by atoms with Crippen LogP contribution in [0.15, 0.2) is 76.3 Å². The number of phenols is 1. The van der Waals surface area contributed by atoms with E-state index in [1.165, 1.54) is 0 Å². The topological polar surface area (TPSA) is 45.1 Å². The number of hydrogen-bond acceptors (Lipinski definition) is 4. The van der Waals surface area contributed by atoms with Crippen LogP contribution >= 0.6 is 27.5 Å². The maximum atomic E-state index is 10.5. The van der Waals surface area contributed by atoms with E-state index in [0.29, 0.717) is 10.6 Å². The third-order valence-electron chi connectivity index (χ3n) is 5.11. The van der Waals surface area contributed by atoms with Crippen molar-refractivity contribution in [3.05, 3.63) is 92.9 Å². The average Bonchev–Trinajstić information content (AvgIpc) is 3.16. The fourth-order valence-corrected chi connectivity index (χ4v) is 4.35. The quantitative estimate of drug-likeness (QED) is 0.511. The molecule has 28 heavy (non-hydrogen) atoms. The predicted molar refractivity (Wildman–Crippen MR) is 113 cm³/mol. The van der Waals surface area contributed by atoms with Crippen molar-refractivity contribution < 1.29 is 9.84 Å². The van der Waals surface area contributed by atoms with Gasteiger partial charge in [0, 0.05) is 21.5 Å². The molecule has 0 radical (unpaired) electrons. The molecule has 140 valence electrons. The average molecular weight is 456 g/mol. The van der Waals surface area contributed by atoms with E-state index in [9.17, 15) is 5.11 Å². The first kappa shape index (κ1) is 17.6. The Morgan fingerprint density at radius 1 is 1.04 bits per heavy atom. The number of fused-ring (bicyclic) bond motifs is 3. The molecular weight excluding hydrogens is 440 g/mol. The molecule has 2 atom stereocenters. The molecule has 0 aliphatic carbocycles. The van der Waals surface area contributed by atoms with Crippen LogP contribution in [0.5, 0.6) is 11.5 Å². The number of halogens is 2. The van der Waals surface area contributed by atoms with Crippen LogP contribution in [0.3, 0.4) is 0 Å². The van der Waals surface area contributed by atoms with Crippen molar-refractivity contribution in [1.82, 2.24) is 5.01 Å². The second-order valence-electron chi connectivity index (χ2n) is 6.87. The standard InChI is InChI=1S/C22H16BrClN2O2/c23-14-6-9-21-16(10-14)19-12-18(13-4-2-1-3-5-13)25-26(19)22(28-21)17-11-15(24)7-8-20(17)27/h1-11,19,22,27H,12H2/t19-,22-/m1/s1. The molecule has 2 aliphatic rings. The lowest BCUT2D eigenvalue weighted by atomic mass is 9.96. The van der Waals surface area contributed by atoms with E-state index >= 15 is 0 Å². The van der Waals surface area contributed by atoms with Crippen LogP contribution in [-0.2, 0) is 0 Å². The summed E-state index contributed by atoms with van der Waals surface area (Å²) in [6, 6.07) is 21.1. The minimum atomic E-state index is -0.557. The minimum absolute atomic E-state index is 0.0137. The minimum Gasteiger partial charge on any atom is -0.507 e. The Balaban J connectivity index is 1.64. The fraction of sp³-hybridized carbons (Fsp3) is 0.136. The molecule has 0 bridgehead atoms. The Morgan fingerprint density at radius 3 is 2.68 bits per heavy atom. The number of nitrogens with zero attached hydrogens (tertiary/aromatic N) is 2. The second kappa shape index (κ2) is 6.83. The van der Waals surface area contributed by atoms with Crippen LogP contribution in [0.4, 0.5) is 0 Å². The highest BCUT2D eigenvalue weighted by Gasteiger charge is 2.42. The molecule has 0 spiro atoms. The van der Waals surface area contributed by atoms with E-state index in [2.05, 4.69) is 34.1 Å². The maximum Gasteiger partial charge on any atom is 0.217 e. The maximum absolute atomic E-state index is 10.5. The molecule has 0 saturated heterocycles. The van der Waals surface area contributed by atoms with Crippen LogP contribution in [0.2, 0.25) is 5.02 Å². The Labute approximate surface area is 176 Å². The van der Waals surface area contributed by atoms with Gasteiger partial charge >= 0.3 is 0 Å². The molecule has 2 aliphatic heterocycles. The number of rotatable bonds is 2. The van der Waals surface area contributed by atoms with Crippen molar-refractivity contribution in [2.45, 2.75) is 18.7 Å². The van der Waals surface area contributed by atoms with Gasteiger partial charge in [-0.15, -0.1) is 0 Å². The van der Waals surface area contributed by atoms with E-state index in [0.717, 1.165) is 33.5 Å². The van der Waals surface area contributed by atoms with Gasteiger partial charge in [0.2, 0.25) is 6.23 Å². The van der Waals surface area contributed by atoms with Gasteiger partial charge in [0.15, 0.2) is 0 Å². The lowest BCUT2D eigenvalue weighted by Gasteiger charge is -2.38. The number of ether oxygens (including phenoxy) is 1. The largest absolute Gasteiger partial charge is 0.507 e. The van der Waals surface area contributed by atoms with Gasteiger partial charge in [-0.2, -0.15) is 5.10 Å². The van der Waals surface area contributed by atoms with Gasteiger partial charge in [0.1, 0.15) is 11.5 Å². The first-order chi connectivity index (χ1) is 13.6. The van der Waals surface area contributed by atoms with Gasteiger partial charge in [-0.05, 0) is 42.0 Å². The molecule has 0 amide bonds. The second-order valence-corrected chi connectivity index (χ2v) is 8.22. The summed E-state index contributed by atoms with van der Waals surface area (Å²) < 4.78 is 7.28. The zero-order chi connectivity index (χ0) is 19.3. The van der Waals surface area contributed by atoms with Gasteiger partial charge in [-0.25, -0.2) is 5.01 Å². The van der Waals surface area contributed by atoms with Crippen molar-refractivity contribution in [3.63, 3.8) is 0 Å². The normalized spacial score (nSPS) is 20.2. The van der Waals surface area contributed by atoms with Crippen molar-refractivity contribution in [2.24, 2.45) is 5.10 Å². The Bertz CT molecular complexity index is 1090. The summed E-state index contributed by atoms with van der Waals surface area (Å²) in [7, 11) is 0. The van der Waals surface area contributed by atoms with Crippen LogP contribution in [0.1, 0.15) is 35.4 Å². The zero-order valence-electron chi connectivity index (χ0n) is 14.7. The van der Waals surface area contributed by atoms with Gasteiger partial charge in [0.25, 0.3) is 0 Å². The Hall–Kier alpha value is -2.50. The molecule has 4 nitrogen and oxygen atoms in total. The molecule has 2 heterocycles. The number of hydrogen-bond donors (Lipinski definition) is 1. The van der Waals surface area contributed by atoms with Gasteiger partial charge < -0.3 is 9.84 Å². The molecular formula is C22H16BrClN2O2. The third kappa shape index (κ3) is 2.95. The summed E-state index contributed by atoms with van der Waals surface area (Å²) in [5.41, 5.74) is 3.75. The molecule has 3 aromatic rings. The van der Waals surface area contributed by atoms with Crippen LogP contribution in [0.25, 0.3) is 0 Å². The number of hydrazone groups is 1.